The zero-order chi connectivity index (χ0) is 17.8. The van der Waals surface area contributed by atoms with Gasteiger partial charge in [-0.05, 0) is 29.2 Å². The van der Waals surface area contributed by atoms with Gasteiger partial charge in [0.1, 0.15) is 5.02 Å². The molecule has 0 spiro atoms. The van der Waals surface area contributed by atoms with Crippen LogP contribution in [0.5, 0.6) is 0 Å². The highest BCUT2D eigenvalue weighted by Crippen LogP contribution is 2.26. The number of fused-ring (bicyclic) bond motifs is 1. The topological polar surface area (TPSA) is 72.2 Å². The summed E-state index contributed by atoms with van der Waals surface area (Å²) < 4.78 is 0. The van der Waals surface area contributed by atoms with E-state index in [9.17, 15) is 14.9 Å². The smallest absolute Gasteiger partial charge is 0.288 e. The van der Waals surface area contributed by atoms with Gasteiger partial charge in [0.25, 0.3) is 5.69 Å². The predicted molar refractivity (Wildman–Crippen MR) is 99.7 cm³/mol. The summed E-state index contributed by atoms with van der Waals surface area (Å²) in [6.07, 6.45) is 2.83. The van der Waals surface area contributed by atoms with E-state index in [0.717, 1.165) is 10.8 Å². The number of nitrogens with zero attached hydrogens (tertiary/aromatic N) is 1. The van der Waals surface area contributed by atoms with Crippen LogP contribution in [0.4, 0.5) is 11.4 Å². The number of rotatable bonds is 4. The third kappa shape index (κ3) is 3.84. The molecule has 1 amide bonds. The van der Waals surface area contributed by atoms with Crippen LogP contribution in [0.1, 0.15) is 5.56 Å². The van der Waals surface area contributed by atoms with E-state index in [1.54, 1.807) is 6.07 Å². The standard InChI is InChI=1S/C19H13ClN2O3/c20-16-10-8-13(12-18(16)22(24)25)9-11-19(23)21-17-7-3-5-14-4-1-2-6-15(14)17/h1-12H,(H,21,23)/b11-9+. The Morgan fingerprint density at radius 1 is 1.08 bits per heavy atom. The normalized spacial score (nSPS) is 10.9. The lowest BCUT2D eigenvalue weighted by molar-refractivity contribution is -0.384. The zero-order valence-electron chi connectivity index (χ0n) is 13.0. The maximum Gasteiger partial charge on any atom is 0.288 e. The molecule has 6 heteroatoms. The quantitative estimate of drug-likeness (QED) is 0.405. The van der Waals surface area contributed by atoms with Gasteiger partial charge in [-0.3, -0.25) is 14.9 Å². The highest BCUT2D eigenvalue weighted by Gasteiger charge is 2.11. The highest BCUT2D eigenvalue weighted by molar-refractivity contribution is 6.32. The number of carbonyl (C=O) groups excluding carboxylic acids is 1. The van der Waals surface area contributed by atoms with Gasteiger partial charge in [0.05, 0.1) is 4.92 Å². The Balaban J connectivity index is 1.79. The fourth-order valence-electron chi connectivity index (χ4n) is 2.45. The van der Waals surface area contributed by atoms with E-state index < -0.39 is 4.92 Å². The van der Waals surface area contributed by atoms with Gasteiger partial charge in [0.2, 0.25) is 5.91 Å². The van der Waals surface area contributed by atoms with Crippen molar-refractivity contribution in [1.82, 2.24) is 0 Å². The average molecular weight is 353 g/mol. The second-order valence-corrected chi connectivity index (χ2v) is 5.72. The molecule has 3 rings (SSSR count). The summed E-state index contributed by atoms with van der Waals surface area (Å²) in [5, 5.41) is 15.7. The van der Waals surface area contributed by atoms with E-state index in [2.05, 4.69) is 5.32 Å². The van der Waals surface area contributed by atoms with Crippen LogP contribution in [0.15, 0.2) is 66.7 Å². The van der Waals surface area contributed by atoms with Crippen molar-refractivity contribution < 1.29 is 9.72 Å². The first-order chi connectivity index (χ1) is 12.0. The average Bonchev–Trinajstić information content (AvgIpc) is 2.61. The molecule has 0 aliphatic carbocycles. The van der Waals surface area contributed by atoms with Crippen molar-refractivity contribution >= 4 is 45.7 Å². The van der Waals surface area contributed by atoms with Crippen LogP contribution in [0.2, 0.25) is 5.02 Å². The molecule has 25 heavy (non-hydrogen) atoms. The summed E-state index contributed by atoms with van der Waals surface area (Å²) in [5.41, 5.74) is 1.03. The van der Waals surface area contributed by atoms with Gasteiger partial charge in [-0.15, -0.1) is 0 Å². The number of amides is 1. The summed E-state index contributed by atoms with van der Waals surface area (Å²) in [5.74, 6) is -0.325. The molecule has 0 aliphatic heterocycles. The molecule has 0 heterocycles. The van der Waals surface area contributed by atoms with Gasteiger partial charge in [-0.25, -0.2) is 0 Å². The Bertz CT molecular complexity index is 994. The van der Waals surface area contributed by atoms with Crippen molar-refractivity contribution in [3.05, 3.63) is 87.4 Å². The van der Waals surface area contributed by atoms with E-state index in [0.29, 0.717) is 11.3 Å². The molecular weight excluding hydrogens is 340 g/mol. The first-order valence-corrected chi connectivity index (χ1v) is 7.83. The minimum atomic E-state index is -0.560. The van der Waals surface area contributed by atoms with Gasteiger partial charge in [-0.1, -0.05) is 54.1 Å². The van der Waals surface area contributed by atoms with Crippen molar-refractivity contribution in [3.8, 4) is 0 Å². The number of carbonyl (C=O) groups is 1. The fraction of sp³-hybridized carbons (Fsp3) is 0. The summed E-state index contributed by atoms with van der Waals surface area (Å²) in [6.45, 7) is 0. The first kappa shape index (κ1) is 16.7. The number of nitro groups is 1. The number of nitrogens with one attached hydrogen (secondary N) is 1. The lowest BCUT2D eigenvalue weighted by atomic mass is 10.1. The molecule has 0 unspecified atom stereocenters. The SMILES string of the molecule is O=C(/C=C/c1ccc(Cl)c([N+](=O)[O-])c1)Nc1cccc2ccccc12. The van der Waals surface area contributed by atoms with E-state index in [4.69, 9.17) is 11.6 Å². The molecule has 0 atom stereocenters. The number of anilines is 1. The minimum Gasteiger partial charge on any atom is -0.322 e. The predicted octanol–water partition coefficient (Wildman–Crippen LogP) is 5.05. The summed E-state index contributed by atoms with van der Waals surface area (Å²) in [7, 11) is 0. The number of halogens is 1. The zero-order valence-corrected chi connectivity index (χ0v) is 13.7. The van der Waals surface area contributed by atoms with Crippen LogP contribution in [0.25, 0.3) is 16.8 Å². The van der Waals surface area contributed by atoms with Crippen molar-refractivity contribution in [2.45, 2.75) is 0 Å². The molecule has 0 saturated heterocycles. The molecule has 124 valence electrons. The van der Waals surface area contributed by atoms with Gasteiger partial charge in [0, 0.05) is 23.2 Å². The van der Waals surface area contributed by atoms with E-state index >= 15 is 0 Å². The number of benzene rings is 3. The first-order valence-electron chi connectivity index (χ1n) is 7.45. The van der Waals surface area contributed by atoms with Crippen molar-refractivity contribution in [3.63, 3.8) is 0 Å². The number of hydrogen-bond donors (Lipinski definition) is 1. The molecule has 0 aromatic heterocycles. The molecule has 5 nitrogen and oxygen atoms in total. The van der Waals surface area contributed by atoms with Crippen LogP contribution in [-0.4, -0.2) is 10.8 Å². The number of hydrogen-bond acceptors (Lipinski definition) is 3. The summed E-state index contributed by atoms with van der Waals surface area (Å²) >= 11 is 5.77. The van der Waals surface area contributed by atoms with Gasteiger partial charge in [-0.2, -0.15) is 0 Å². The monoisotopic (exact) mass is 352 g/mol. The summed E-state index contributed by atoms with van der Waals surface area (Å²) in [4.78, 5) is 22.5. The molecule has 0 radical (unpaired) electrons. The third-order valence-electron chi connectivity index (χ3n) is 3.64. The van der Waals surface area contributed by atoms with Crippen molar-refractivity contribution in [1.29, 1.82) is 0 Å². The molecular formula is C19H13ClN2O3. The second kappa shape index (κ2) is 7.15. The molecule has 3 aromatic rings. The van der Waals surface area contributed by atoms with E-state index in [1.165, 1.54) is 24.3 Å². The Kier molecular flexibility index (Phi) is 4.77. The molecule has 1 N–H and O–H groups in total. The molecule has 0 saturated carbocycles. The van der Waals surface area contributed by atoms with Crippen LogP contribution in [-0.2, 0) is 4.79 Å². The fourth-order valence-corrected chi connectivity index (χ4v) is 2.64. The van der Waals surface area contributed by atoms with Gasteiger partial charge in [0.15, 0.2) is 0 Å². The Morgan fingerprint density at radius 2 is 1.84 bits per heavy atom. The van der Waals surface area contributed by atoms with E-state index in [-0.39, 0.29) is 16.6 Å². The molecule has 0 bridgehead atoms. The Morgan fingerprint density at radius 3 is 2.64 bits per heavy atom. The molecule has 0 aliphatic rings. The maximum atomic E-state index is 12.2. The number of nitro benzene ring substituents is 1. The van der Waals surface area contributed by atoms with E-state index in [1.807, 2.05) is 42.5 Å². The largest absolute Gasteiger partial charge is 0.322 e. The van der Waals surface area contributed by atoms with Crippen molar-refractivity contribution in [2.24, 2.45) is 0 Å². The van der Waals surface area contributed by atoms with Crippen LogP contribution >= 0.6 is 11.6 Å². The molecule has 3 aromatic carbocycles. The van der Waals surface area contributed by atoms with Gasteiger partial charge >= 0.3 is 0 Å². The Labute approximate surface area is 148 Å². The lowest BCUT2D eigenvalue weighted by Gasteiger charge is -2.06. The van der Waals surface area contributed by atoms with Crippen LogP contribution < -0.4 is 5.32 Å². The van der Waals surface area contributed by atoms with Crippen LogP contribution in [0, 0.1) is 10.1 Å². The Hall–Kier alpha value is -3.18. The van der Waals surface area contributed by atoms with Crippen molar-refractivity contribution in [2.75, 3.05) is 5.32 Å². The highest BCUT2D eigenvalue weighted by atomic mass is 35.5. The maximum absolute atomic E-state index is 12.2. The van der Waals surface area contributed by atoms with Crippen LogP contribution in [0.3, 0.4) is 0 Å². The third-order valence-corrected chi connectivity index (χ3v) is 3.96. The minimum absolute atomic E-state index is 0.0577. The molecule has 0 fully saturated rings. The van der Waals surface area contributed by atoms with Gasteiger partial charge < -0.3 is 5.32 Å². The summed E-state index contributed by atoms with van der Waals surface area (Å²) in [6, 6.07) is 17.7. The second-order valence-electron chi connectivity index (χ2n) is 5.32. The lowest BCUT2D eigenvalue weighted by Crippen LogP contribution is -2.08.